The van der Waals surface area contributed by atoms with Crippen molar-refractivity contribution < 1.29 is 9.53 Å². The summed E-state index contributed by atoms with van der Waals surface area (Å²) < 4.78 is 6.95. The van der Waals surface area contributed by atoms with Gasteiger partial charge in [-0.2, -0.15) is 4.68 Å². The summed E-state index contributed by atoms with van der Waals surface area (Å²) in [6, 6.07) is 16.5. The number of rotatable bonds is 6. The highest BCUT2D eigenvalue weighted by Crippen LogP contribution is 2.14. The second kappa shape index (κ2) is 8.73. The van der Waals surface area contributed by atoms with E-state index >= 15 is 0 Å². The molecule has 3 rings (SSSR count). The van der Waals surface area contributed by atoms with Crippen LogP contribution in [-0.4, -0.2) is 21.8 Å². The van der Waals surface area contributed by atoms with Crippen LogP contribution in [0.2, 0.25) is 0 Å². The second-order valence-corrected chi connectivity index (χ2v) is 7.16. The van der Waals surface area contributed by atoms with E-state index in [0.29, 0.717) is 12.2 Å². The summed E-state index contributed by atoms with van der Waals surface area (Å²) in [5.41, 5.74) is 4.74. The van der Waals surface area contributed by atoms with Gasteiger partial charge in [-0.15, -0.1) is 5.10 Å². The molecular weight excluding hydrogens is 366 g/mol. The van der Waals surface area contributed by atoms with Crippen molar-refractivity contribution >= 4 is 5.91 Å². The highest BCUT2D eigenvalue weighted by atomic mass is 16.5. The van der Waals surface area contributed by atoms with Crippen LogP contribution in [-0.2, 0) is 11.3 Å². The summed E-state index contributed by atoms with van der Waals surface area (Å²) in [5.74, 6) is -0.0433. The predicted octanol–water partition coefficient (Wildman–Crippen LogP) is 3.24. The van der Waals surface area contributed by atoms with E-state index in [9.17, 15) is 9.59 Å². The largest absolute Gasteiger partial charge is 0.464 e. The first-order chi connectivity index (χ1) is 13.8. The van der Waals surface area contributed by atoms with E-state index in [1.165, 1.54) is 16.8 Å². The SMILES string of the molecule is Cc1cccc(CNC(=O)[C@H](C)Oc2ccc(=O)n(-c3ccc(C)c(C)c3)n2)c1. The maximum absolute atomic E-state index is 12.4. The van der Waals surface area contributed by atoms with E-state index in [4.69, 9.17) is 4.74 Å². The zero-order chi connectivity index (χ0) is 21.0. The number of benzene rings is 2. The first-order valence-corrected chi connectivity index (χ1v) is 9.51. The average molecular weight is 391 g/mol. The number of aryl methyl sites for hydroxylation is 3. The molecule has 1 atom stereocenters. The van der Waals surface area contributed by atoms with Crippen molar-refractivity contribution in [3.8, 4) is 11.6 Å². The number of ether oxygens (including phenoxy) is 1. The quantitative estimate of drug-likeness (QED) is 0.700. The van der Waals surface area contributed by atoms with Crippen LogP contribution < -0.4 is 15.6 Å². The third-order valence-electron chi connectivity index (χ3n) is 4.73. The number of hydrogen-bond acceptors (Lipinski definition) is 4. The smallest absolute Gasteiger partial charge is 0.271 e. The van der Waals surface area contributed by atoms with Crippen molar-refractivity contribution in [3.05, 3.63) is 87.2 Å². The Balaban J connectivity index is 1.70. The molecule has 0 aliphatic rings. The Hall–Kier alpha value is -3.41. The number of nitrogens with one attached hydrogen (secondary N) is 1. The van der Waals surface area contributed by atoms with Gasteiger partial charge in [-0.05, 0) is 56.5 Å². The monoisotopic (exact) mass is 391 g/mol. The van der Waals surface area contributed by atoms with Crippen molar-refractivity contribution in [1.82, 2.24) is 15.1 Å². The molecule has 3 aromatic rings. The Morgan fingerprint density at radius 3 is 2.59 bits per heavy atom. The predicted molar refractivity (Wildman–Crippen MR) is 112 cm³/mol. The minimum absolute atomic E-state index is 0.209. The fourth-order valence-corrected chi connectivity index (χ4v) is 2.89. The normalized spacial score (nSPS) is 11.7. The van der Waals surface area contributed by atoms with E-state index in [1.54, 1.807) is 6.92 Å². The van der Waals surface area contributed by atoms with Crippen molar-refractivity contribution in [2.24, 2.45) is 0 Å². The number of carbonyl (C=O) groups is 1. The van der Waals surface area contributed by atoms with Crippen LogP contribution >= 0.6 is 0 Å². The third-order valence-corrected chi connectivity index (χ3v) is 4.73. The van der Waals surface area contributed by atoms with Crippen LogP contribution in [0.3, 0.4) is 0 Å². The first-order valence-electron chi connectivity index (χ1n) is 9.51. The molecule has 1 N–H and O–H groups in total. The lowest BCUT2D eigenvalue weighted by Gasteiger charge is -2.15. The lowest BCUT2D eigenvalue weighted by molar-refractivity contribution is -0.127. The highest BCUT2D eigenvalue weighted by molar-refractivity contribution is 5.80. The molecule has 6 heteroatoms. The summed E-state index contributed by atoms with van der Waals surface area (Å²) in [6.07, 6.45) is -0.752. The van der Waals surface area contributed by atoms with Gasteiger partial charge in [-0.1, -0.05) is 35.9 Å². The maximum Gasteiger partial charge on any atom is 0.271 e. The molecule has 0 spiro atoms. The lowest BCUT2D eigenvalue weighted by Crippen LogP contribution is -2.36. The zero-order valence-corrected chi connectivity index (χ0v) is 17.1. The van der Waals surface area contributed by atoms with Crippen LogP contribution in [0.5, 0.6) is 5.88 Å². The fourth-order valence-electron chi connectivity index (χ4n) is 2.89. The topological polar surface area (TPSA) is 73.2 Å². The van der Waals surface area contributed by atoms with Gasteiger partial charge in [-0.3, -0.25) is 9.59 Å². The minimum Gasteiger partial charge on any atom is -0.464 e. The van der Waals surface area contributed by atoms with Crippen molar-refractivity contribution in [2.45, 2.75) is 40.3 Å². The van der Waals surface area contributed by atoms with Gasteiger partial charge in [0.15, 0.2) is 6.10 Å². The molecule has 2 aromatic carbocycles. The summed E-state index contributed by atoms with van der Waals surface area (Å²) in [4.78, 5) is 24.6. The molecule has 0 saturated heterocycles. The summed E-state index contributed by atoms with van der Waals surface area (Å²) >= 11 is 0. The third kappa shape index (κ3) is 5.10. The summed E-state index contributed by atoms with van der Waals surface area (Å²) in [6.45, 7) is 8.06. The molecule has 0 saturated carbocycles. The molecule has 0 aliphatic carbocycles. The lowest BCUT2D eigenvalue weighted by atomic mass is 10.1. The zero-order valence-electron chi connectivity index (χ0n) is 17.1. The number of hydrogen-bond donors (Lipinski definition) is 1. The molecule has 6 nitrogen and oxygen atoms in total. The van der Waals surface area contributed by atoms with E-state index in [2.05, 4.69) is 10.4 Å². The Labute approximate surface area is 170 Å². The fraction of sp³-hybridized carbons (Fsp3) is 0.261. The highest BCUT2D eigenvalue weighted by Gasteiger charge is 2.16. The van der Waals surface area contributed by atoms with Gasteiger partial charge >= 0.3 is 0 Å². The average Bonchev–Trinajstić information content (AvgIpc) is 2.69. The van der Waals surface area contributed by atoms with Crippen molar-refractivity contribution in [1.29, 1.82) is 0 Å². The molecule has 0 unspecified atom stereocenters. The Morgan fingerprint density at radius 1 is 1.07 bits per heavy atom. The van der Waals surface area contributed by atoms with Gasteiger partial charge < -0.3 is 10.1 Å². The number of aromatic nitrogens is 2. The van der Waals surface area contributed by atoms with Gasteiger partial charge in [-0.25, -0.2) is 0 Å². The van der Waals surface area contributed by atoms with E-state index in [-0.39, 0.29) is 17.3 Å². The van der Waals surface area contributed by atoms with Gasteiger partial charge in [0, 0.05) is 18.7 Å². The Bertz CT molecular complexity index is 1090. The molecule has 0 aliphatic heterocycles. The molecule has 0 radical (unpaired) electrons. The summed E-state index contributed by atoms with van der Waals surface area (Å²) in [5, 5.41) is 7.12. The molecular formula is C23H25N3O3. The molecule has 1 heterocycles. The van der Waals surface area contributed by atoms with Crippen LogP contribution in [0.4, 0.5) is 0 Å². The second-order valence-electron chi connectivity index (χ2n) is 7.16. The Kier molecular flexibility index (Phi) is 6.12. The van der Waals surface area contributed by atoms with Gasteiger partial charge in [0.1, 0.15) is 0 Å². The maximum atomic E-state index is 12.4. The molecule has 1 amide bonds. The molecule has 1 aromatic heterocycles. The van der Waals surface area contributed by atoms with E-state index < -0.39 is 6.10 Å². The van der Waals surface area contributed by atoms with E-state index in [0.717, 1.165) is 22.3 Å². The van der Waals surface area contributed by atoms with Crippen LogP contribution in [0.1, 0.15) is 29.2 Å². The molecule has 0 fully saturated rings. The van der Waals surface area contributed by atoms with Crippen molar-refractivity contribution in [2.75, 3.05) is 0 Å². The van der Waals surface area contributed by atoms with Crippen LogP contribution in [0.15, 0.2) is 59.4 Å². The van der Waals surface area contributed by atoms with Gasteiger partial charge in [0.25, 0.3) is 11.5 Å². The number of carbonyl (C=O) groups excluding carboxylic acids is 1. The van der Waals surface area contributed by atoms with Crippen molar-refractivity contribution in [3.63, 3.8) is 0 Å². The Morgan fingerprint density at radius 2 is 1.86 bits per heavy atom. The molecule has 29 heavy (non-hydrogen) atoms. The molecule has 150 valence electrons. The standard InChI is InChI=1S/C23H25N3O3/c1-15-6-5-7-19(12-15)14-24-23(28)18(4)29-21-10-11-22(27)26(25-21)20-9-8-16(2)17(3)13-20/h5-13,18H,14H2,1-4H3,(H,24,28)/t18-/m0/s1. The molecule has 0 bridgehead atoms. The van der Waals surface area contributed by atoms with Gasteiger partial charge in [0.2, 0.25) is 5.88 Å². The number of nitrogens with zero attached hydrogens (tertiary/aromatic N) is 2. The van der Waals surface area contributed by atoms with E-state index in [1.807, 2.05) is 63.2 Å². The van der Waals surface area contributed by atoms with Crippen LogP contribution in [0.25, 0.3) is 5.69 Å². The van der Waals surface area contributed by atoms with Gasteiger partial charge in [0.05, 0.1) is 5.69 Å². The first kappa shape index (κ1) is 20.3. The summed E-state index contributed by atoms with van der Waals surface area (Å²) in [7, 11) is 0. The minimum atomic E-state index is -0.752. The number of amides is 1. The van der Waals surface area contributed by atoms with Crippen LogP contribution in [0, 0.1) is 20.8 Å².